The number of fused-ring (bicyclic) bond motifs is 1. The van der Waals surface area contributed by atoms with Gasteiger partial charge in [-0.1, -0.05) is 50.2 Å². The minimum Gasteiger partial charge on any atom is -0.494 e. The van der Waals surface area contributed by atoms with Crippen molar-refractivity contribution in [2.75, 3.05) is 11.9 Å². The lowest BCUT2D eigenvalue weighted by atomic mass is 10.00. The summed E-state index contributed by atoms with van der Waals surface area (Å²) >= 11 is 0. The predicted molar refractivity (Wildman–Crippen MR) is 127 cm³/mol. The van der Waals surface area contributed by atoms with Crippen LogP contribution in [0.2, 0.25) is 0 Å². The molecule has 0 radical (unpaired) electrons. The zero-order chi connectivity index (χ0) is 21.8. The summed E-state index contributed by atoms with van der Waals surface area (Å²) < 4.78 is 5.54. The van der Waals surface area contributed by atoms with Gasteiger partial charge in [-0.15, -0.1) is 0 Å². The summed E-state index contributed by atoms with van der Waals surface area (Å²) in [7, 11) is 0. The first kappa shape index (κ1) is 20.6. The molecule has 1 heterocycles. The quantitative estimate of drug-likeness (QED) is 0.386. The van der Waals surface area contributed by atoms with E-state index >= 15 is 0 Å². The van der Waals surface area contributed by atoms with Crippen LogP contribution in [-0.4, -0.2) is 17.5 Å². The van der Waals surface area contributed by atoms with Gasteiger partial charge in [-0.25, -0.2) is 4.98 Å². The van der Waals surface area contributed by atoms with Crippen LogP contribution in [-0.2, 0) is 0 Å². The number of amides is 1. The summed E-state index contributed by atoms with van der Waals surface area (Å²) in [6.07, 6.45) is 0. The van der Waals surface area contributed by atoms with Gasteiger partial charge in [-0.3, -0.25) is 4.79 Å². The zero-order valence-corrected chi connectivity index (χ0v) is 18.1. The normalized spacial score (nSPS) is 11.0. The topological polar surface area (TPSA) is 51.2 Å². The maximum atomic E-state index is 13.4. The lowest BCUT2D eigenvalue weighted by Gasteiger charge is -2.15. The van der Waals surface area contributed by atoms with Crippen LogP contribution in [0.25, 0.3) is 22.2 Å². The monoisotopic (exact) mass is 410 g/mol. The first-order chi connectivity index (χ1) is 15.1. The molecule has 0 unspecified atom stereocenters. The molecule has 0 aliphatic heterocycles. The van der Waals surface area contributed by atoms with E-state index in [1.807, 2.05) is 79.7 Å². The van der Waals surface area contributed by atoms with E-state index in [4.69, 9.17) is 9.72 Å². The molecule has 0 fully saturated rings. The summed E-state index contributed by atoms with van der Waals surface area (Å²) in [5.74, 6) is 0.985. The molecular formula is C27H26N2O2. The number of hydrogen-bond acceptors (Lipinski definition) is 3. The molecule has 0 aliphatic rings. The number of carbonyl (C=O) groups excluding carboxylic acids is 1. The van der Waals surface area contributed by atoms with Crippen molar-refractivity contribution in [3.05, 3.63) is 90.0 Å². The molecule has 156 valence electrons. The SMILES string of the molecule is CCOc1ccc(-c2cc(C(=O)Nc3ccccc3C(C)C)c3ccccc3n2)cc1. The first-order valence-electron chi connectivity index (χ1n) is 10.6. The number of rotatable bonds is 6. The Morgan fingerprint density at radius 2 is 1.68 bits per heavy atom. The third-order valence-electron chi connectivity index (χ3n) is 5.25. The highest BCUT2D eigenvalue weighted by Gasteiger charge is 2.16. The number of nitrogens with one attached hydrogen (secondary N) is 1. The second-order valence-corrected chi connectivity index (χ2v) is 7.73. The summed E-state index contributed by atoms with van der Waals surface area (Å²) in [6.45, 7) is 6.82. The minimum absolute atomic E-state index is 0.140. The largest absolute Gasteiger partial charge is 0.494 e. The number of pyridine rings is 1. The minimum atomic E-state index is -0.140. The standard InChI is InChI=1S/C27H26N2O2/c1-4-31-20-15-13-19(14-16-20)26-17-23(22-10-6-8-12-25(22)28-26)27(30)29-24-11-7-5-9-21(24)18(2)3/h5-18H,4H2,1-3H3,(H,29,30). The van der Waals surface area contributed by atoms with Crippen LogP contribution >= 0.6 is 0 Å². The Morgan fingerprint density at radius 3 is 2.42 bits per heavy atom. The molecule has 0 saturated carbocycles. The van der Waals surface area contributed by atoms with Gasteiger partial charge in [0.15, 0.2) is 0 Å². The highest BCUT2D eigenvalue weighted by atomic mass is 16.5. The Hall–Kier alpha value is -3.66. The maximum absolute atomic E-state index is 13.4. The van der Waals surface area contributed by atoms with Gasteiger partial charge in [0, 0.05) is 16.6 Å². The number of carbonyl (C=O) groups is 1. The van der Waals surface area contributed by atoms with Crippen LogP contribution in [0.3, 0.4) is 0 Å². The summed E-state index contributed by atoms with van der Waals surface area (Å²) in [6, 6.07) is 25.3. The van der Waals surface area contributed by atoms with Crippen molar-refractivity contribution in [2.45, 2.75) is 26.7 Å². The van der Waals surface area contributed by atoms with Crippen molar-refractivity contribution >= 4 is 22.5 Å². The van der Waals surface area contributed by atoms with E-state index in [-0.39, 0.29) is 5.91 Å². The van der Waals surface area contributed by atoms with Crippen LogP contribution in [0.5, 0.6) is 5.75 Å². The van der Waals surface area contributed by atoms with Crippen LogP contribution in [0, 0.1) is 0 Å². The second kappa shape index (κ2) is 9.00. The molecule has 0 spiro atoms. The predicted octanol–water partition coefficient (Wildman–Crippen LogP) is 6.68. The molecule has 1 amide bonds. The Kier molecular flexibility index (Phi) is 5.99. The molecule has 4 heteroatoms. The maximum Gasteiger partial charge on any atom is 0.256 e. The van der Waals surface area contributed by atoms with Crippen molar-refractivity contribution in [1.29, 1.82) is 0 Å². The van der Waals surface area contributed by atoms with E-state index in [1.54, 1.807) is 0 Å². The van der Waals surface area contributed by atoms with Crippen LogP contribution in [0.4, 0.5) is 5.69 Å². The van der Waals surface area contributed by atoms with E-state index in [9.17, 15) is 4.79 Å². The highest BCUT2D eigenvalue weighted by molar-refractivity contribution is 6.13. The van der Waals surface area contributed by atoms with Gasteiger partial charge in [0.25, 0.3) is 5.91 Å². The summed E-state index contributed by atoms with van der Waals surface area (Å²) in [5.41, 5.74) is 5.03. The van der Waals surface area contributed by atoms with Crippen molar-refractivity contribution in [3.8, 4) is 17.0 Å². The average Bonchev–Trinajstić information content (AvgIpc) is 2.79. The fourth-order valence-corrected chi connectivity index (χ4v) is 3.70. The smallest absolute Gasteiger partial charge is 0.256 e. The van der Waals surface area contributed by atoms with Crippen molar-refractivity contribution in [3.63, 3.8) is 0 Å². The van der Waals surface area contributed by atoms with Gasteiger partial charge in [-0.2, -0.15) is 0 Å². The molecule has 1 N–H and O–H groups in total. The number of aromatic nitrogens is 1. The van der Waals surface area contributed by atoms with Crippen LogP contribution in [0.1, 0.15) is 42.6 Å². The van der Waals surface area contributed by atoms with Gasteiger partial charge >= 0.3 is 0 Å². The third kappa shape index (κ3) is 4.43. The molecule has 1 aromatic heterocycles. The first-order valence-corrected chi connectivity index (χ1v) is 10.6. The van der Waals surface area contributed by atoms with Gasteiger partial charge < -0.3 is 10.1 Å². The highest BCUT2D eigenvalue weighted by Crippen LogP contribution is 2.28. The molecule has 0 atom stereocenters. The van der Waals surface area contributed by atoms with E-state index in [1.165, 1.54) is 0 Å². The van der Waals surface area contributed by atoms with Gasteiger partial charge in [0.1, 0.15) is 5.75 Å². The molecule has 0 saturated heterocycles. The number of anilines is 1. The summed E-state index contributed by atoms with van der Waals surface area (Å²) in [5, 5.41) is 3.95. The van der Waals surface area contributed by atoms with Crippen molar-refractivity contribution in [1.82, 2.24) is 4.98 Å². The third-order valence-corrected chi connectivity index (χ3v) is 5.25. The lowest BCUT2D eigenvalue weighted by Crippen LogP contribution is -2.14. The molecule has 0 bridgehead atoms. The Labute approximate surface area is 182 Å². The van der Waals surface area contributed by atoms with Crippen molar-refractivity contribution < 1.29 is 9.53 Å². The Balaban J connectivity index is 1.76. The fourth-order valence-electron chi connectivity index (χ4n) is 3.70. The number of para-hydroxylation sites is 2. The average molecular weight is 411 g/mol. The number of benzene rings is 3. The van der Waals surface area contributed by atoms with Gasteiger partial charge in [0.05, 0.1) is 23.4 Å². The zero-order valence-electron chi connectivity index (χ0n) is 18.1. The van der Waals surface area contributed by atoms with Crippen molar-refractivity contribution in [2.24, 2.45) is 0 Å². The van der Waals surface area contributed by atoms with E-state index in [0.29, 0.717) is 18.1 Å². The Morgan fingerprint density at radius 1 is 0.968 bits per heavy atom. The molecule has 0 aliphatic carbocycles. The summed E-state index contributed by atoms with van der Waals surface area (Å²) in [4.78, 5) is 18.2. The van der Waals surface area contributed by atoms with Gasteiger partial charge in [0.2, 0.25) is 0 Å². The van der Waals surface area contributed by atoms with E-state index in [2.05, 4.69) is 25.2 Å². The number of nitrogens with zero attached hydrogens (tertiary/aromatic N) is 1. The Bertz CT molecular complexity index is 1210. The molecule has 4 rings (SSSR count). The number of hydrogen-bond donors (Lipinski definition) is 1. The van der Waals surface area contributed by atoms with Gasteiger partial charge in [-0.05, 0) is 60.9 Å². The molecule has 4 nitrogen and oxygen atoms in total. The molecule has 3 aromatic carbocycles. The number of ether oxygens (including phenoxy) is 1. The van der Waals surface area contributed by atoms with E-state index in [0.717, 1.165) is 39.2 Å². The molecular weight excluding hydrogens is 384 g/mol. The fraction of sp³-hybridized carbons (Fsp3) is 0.185. The second-order valence-electron chi connectivity index (χ2n) is 7.73. The lowest BCUT2D eigenvalue weighted by molar-refractivity contribution is 0.102. The van der Waals surface area contributed by atoms with Crippen LogP contribution in [0.15, 0.2) is 78.9 Å². The molecule has 31 heavy (non-hydrogen) atoms. The van der Waals surface area contributed by atoms with E-state index < -0.39 is 0 Å². The van der Waals surface area contributed by atoms with Crippen LogP contribution < -0.4 is 10.1 Å². The molecule has 4 aromatic rings.